The van der Waals surface area contributed by atoms with E-state index in [1.54, 1.807) is 12.4 Å². The zero-order valence-electron chi connectivity index (χ0n) is 8.93. The average Bonchev–Trinajstić information content (AvgIpc) is 2.89. The van der Waals surface area contributed by atoms with Gasteiger partial charge in [-0.3, -0.25) is 9.78 Å². The van der Waals surface area contributed by atoms with Crippen LogP contribution in [-0.4, -0.2) is 17.0 Å². The Bertz CT molecular complexity index is 420. The van der Waals surface area contributed by atoms with Gasteiger partial charge in [0.25, 0.3) is 0 Å². The molecule has 1 aromatic heterocycles. The third kappa shape index (κ3) is 1.19. The van der Waals surface area contributed by atoms with Gasteiger partial charge < -0.3 is 10.5 Å². The van der Waals surface area contributed by atoms with Crippen LogP contribution in [-0.2, 0) is 15.1 Å². The van der Waals surface area contributed by atoms with Gasteiger partial charge in [0.15, 0.2) is 0 Å². The van der Waals surface area contributed by atoms with Crippen LogP contribution in [0.2, 0.25) is 0 Å². The van der Waals surface area contributed by atoms with E-state index in [0.717, 1.165) is 24.8 Å². The number of rotatable bonds is 2. The van der Waals surface area contributed by atoms with Gasteiger partial charge in [-0.05, 0) is 37.0 Å². The van der Waals surface area contributed by atoms with Crippen LogP contribution in [0.1, 0.15) is 24.8 Å². The summed E-state index contributed by atoms with van der Waals surface area (Å²) in [6.07, 6.45) is 6.33. The van der Waals surface area contributed by atoms with Crippen molar-refractivity contribution < 1.29 is 9.53 Å². The van der Waals surface area contributed by atoms with Gasteiger partial charge in [-0.15, -0.1) is 0 Å². The lowest BCUT2D eigenvalue weighted by Gasteiger charge is -2.31. The minimum absolute atomic E-state index is 0.186. The molecular weight excluding hydrogens is 204 g/mol. The van der Waals surface area contributed by atoms with E-state index in [1.165, 1.54) is 0 Å². The third-order valence-electron chi connectivity index (χ3n) is 3.79. The number of pyridine rings is 1. The number of aromatic nitrogens is 1. The molecule has 0 aliphatic carbocycles. The van der Waals surface area contributed by atoms with Gasteiger partial charge >= 0.3 is 0 Å². The van der Waals surface area contributed by atoms with Gasteiger partial charge in [-0.2, -0.15) is 0 Å². The molecule has 2 N–H and O–H groups in total. The van der Waals surface area contributed by atoms with Gasteiger partial charge in [0, 0.05) is 12.4 Å². The molecule has 2 aliphatic heterocycles. The van der Waals surface area contributed by atoms with Crippen LogP contribution in [0.25, 0.3) is 0 Å². The summed E-state index contributed by atoms with van der Waals surface area (Å²) >= 11 is 0. The Hall–Kier alpha value is -1.42. The van der Waals surface area contributed by atoms with Crippen LogP contribution in [0.3, 0.4) is 0 Å². The Labute approximate surface area is 93.8 Å². The molecule has 2 bridgehead atoms. The zero-order valence-corrected chi connectivity index (χ0v) is 8.93. The van der Waals surface area contributed by atoms with Crippen molar-refractivity contribution in [3.8, 4) is 0 Å². The van der Waals surface area contributed by atoms with E-state index >= 15 is 0 Å². The predicted octanol–water partition coefficient (Wildman–Crippen LogP) is 0.961. The monoisotopic (exact) mass is 218 g/mol. The minimum Gasteiger partial charge on any atom is -0.369 e. The Morgan fingerprint density at radius 2 is 2.25 bits per heavy atom. The summed E-state index contributed by atoms with van der Waals surface area (Å²) in [5, 5.41) is 0. The molecule has 3 atom stereocenters. The molecule has 2 saturated heterocycles. The van der Waals surface area contributed by atoms with Crippen LogP contribution >= 0.6 is 0 Å². The number of ether oxygens (including phenoxy) is 1. The van der Waals surface area contributed by atoms with Gasteiger partial charge in [-0.1, -0.05) is 0 Å². The van der Waals surface area contributed by atoms with Crippen molar-refractivity contribution in [2.45, 2.75) is 31.0 Å². The second-order valence-corrected chi connectivity index (χ2v) is 4.59. The fourth-order valence-electron chi connectivity index (χ4n) is 3.06. The number of carbonyl (C=O) groups is 1. The molecule has 2 fully saturated rings. The predicted molar refractivity (Wildman–Crippen MR) is 57.3 cm³/mol. The Kier molecular flexibility index (Phi) is 2.01. The van der Waals surface area contributed by atoms with E-state index in [2.05, 4.69) is 4.98 Å². The summed E-state index contributed by atoms with van der Waals surface area (Å²) in [7, 11) is 0. The molecule has 3 heterocycles. The van der Waals surface area contributed by atoms with Gasteiger partial charge in [0.2, 0.25) is 5.91 Å². The van der Waals surface area contributed by atoms with Crippen LogP contribution in [0.5, 0.6) is 0 Å². The number of hydrogen-bond donors (Lipinski definition) is 1. The van der Waals surface area contributed by atoms with E-state index in [-0.39, 0.29) is 17.9 Å². The minimum atomic E-state index is -0.473. The number of nitrogens with two attached hydrogens (primary N) is 1. The van der Waals surface area contributed by atoms with Crippen molar-refractivity contribution in [2.24, 2.45) is 11.7 Å². The highest BCUT2D eigenvalue weighted by molar-refractivity contribution is 5.79. The molecule has 4 nitrogen and oxygen atoms in total. The van der Waals surface area contributed by atoms with E-state index in [1.807, 2.05) is 12.1 Å². The maximum atomic E-state index is 11.5. The number of fused-ring (bicyclic) bond motifs is 2. The number of carbonyl (C=O) groups excluding carboxylic acids is 1. The van der Waals surface area contributed by atoms with Crippen molar-refractivity contribution in [3.63, 3.8) is 0 Å². The highest BCUT2D eigenvalue weighted by atomic mass is 16.5. The largest absolute Gasteiger partial charge is 0.369 e. The first kappa shape index (κ1) is 9.78. The van der Waals surface area contributed by atoms with E-state index in [0.29, 0.717) is 0 Å². The van der Waals surface area contributed by atoms with Crippen LogP contribution in [0, 0.1) is 5.92 Å². The summed E-state index contributed by atoms with van der Waals surface area (Å²) in [4.78, 5) is 15.5. The molecule has 0 radical (unpaired) electrons. The molecule has 2 aliphatic rings. The number of amides is 1. The van der Waals surface area contributed by atoms with E-state index in [9.17, 15) is 4.79 Å². The molecule has 0 aromatic carbocycles. The maximum absolute atomic E-state index is 11.5. The highest BCUT2D eigenvalue weighted by Crippen LogP contribution is 2.53. The highest BCUT2D eigenvalue weighted by Gasteiger charge is 2.56. The molecule has 1 amide bonds. The number of primary amides is 1. The standard InChI is InChI=1S/C12H14N2O2/c13-11(15)10-7-9-1-4-12(10,16-9)8-2-5-14-6-3-8/h2-3,5-6,9-10H,1,4,7H2,(H2,13,15). The van der Waals surface area contributed by atoms with Gasteiger partial charge in [-0.25, -0.2) is 0 Å². The molecule has 84 valence electrons. The van der Waals surface area contributed by atoms with Crippen molar-refractivity contribution in [1.29, 1.82) is 0 Å². The van der Waals surface area contributed by atoms with E-state index in [4.69, 9.17) is 10.5 Å². The second kappa shape index (κ2) is 3.28. The van der Waals surface area contributed by atoms with Crippen LogP contribution in [0.15, 0.2) is 24.5 Å². The molecule has 3 unspecified atom stereocenters. The lowest BCUT2D eigenvalue weighted by Crippen LogP contribution is -2.39. The fraction of sp³-hybridized carbons (Fsp3) is 0.500. The van der Waals surface area contributed by atoms with Crippen molar-refractivity contribution in [1.82, 2.24) is 4.98 Å². The van der Waals surface area contributed by atoms with E-state index < -0.39 is 5.60 Å². The fourth-order valence-corrected chi connectivity index (χ4v) is 3.06. The topological polar surface area (TPSA) is 65.2 Å². The normalized spacial score (nSPS) is 36.5. The molecule has 16 heavy (non-hydrogen) atoms. The van der Waals surface area contributed by atoms with Crippen molar-refractivity contribution in [3.05, 3.63) is 30.1 Å². The SMILES string of the molecule is NC(=O)C1CC2CCC1(c1ccncc1)O2. The molecule has 3 rings (SSSR count). The molecule has 1 aromatic rings. The summed E-state index contributed by atoms with van der Waals surface area (Å²) < 4.78 is 5.99. The zero-order chi connectivity index (χ0) is 11.2. The Balaban J connectivity index is 2.05. The first-order chi connectivity index (χ1) is 7.72. The maximum Gasteiger partial charge on any atom is 0.223 e. The summed E-state index contributed by atoms with van der Waals surface area (Å²) in [5.74, 6) is -0.437. The van der Waals surface area contributed by atoms with Gasteiger partial charge in [0.05, 0.1) is 12.0 Å². The van der Waals surface area contributed by atoms with Crippen molar-refractivity contribution >= 4 is 5.91 Å². The summed E-state index contributed by atoms with van der Waals surface area (Å²) in [5.41, 5.74) is 6.03. The third-order valence-corrected chi connectivity index (χ3v) is 3.79. The summed E-state index contributed by atoms with van der Waals surface area (Å²) in [6.45, 7) is 0. The average molecular weight is 218 g/mol. The quantitative estimate of drug-likeness (QED) is 0.804. The van der Waals surface area contributed by atoms with Crippen molar-refractivity contribution in [2.75, 3.05) is 0 Å². The van der Waals surface area contributed by atoms with Gasteiger partial charge in [0.1, 0.15) is 5.60 Å². The Morgan fingerprint density at radius 3 is 2.88 bits per heavy atom. The Morgan fingerprint density at radius 1 is 1.50 bits per heavy atom. The number of hydrogen-bond acceptors (Lipinski definition) is 3. The molecule has 4 heteroatoms. The molecular formula is C12H14N2O2. The number of nitrogens with zero attached hydrogens (tertiary/aromatic N) is 1. The lowest BCUT2D eigenvalue weighted by atomic mass is 9.74. The smallest absolute Gasteiger partial charge is 0.223 e. The molecule has 0 saturated carbocycles. The first-order valence-corrected chi connectivity index (χ1v) is 5.60. The lowest BCUT2D eigenvalue weighted by molar-refractivity contribution is -0.127. The van der Waals surface area contributed by atoms with Crippen LogP contribution < -0.4 is 5.73 Å². The second-order valence-electron chi connectivity index (χ2n) is 4.59. The first-order valence-electron chi connectivity index (χ1n) is 5.60. The van der Waals surface area contributed by atoms with Crippen LogP contribution in [0.4, 0.5) is 0 Å². The summed E-state index contributed by atoms with van der Waals surface area (Å²) in [6, 6.07) is 3.84. The molecule has 0 spiro atoms.